The molecule has 2 aromatic rings. The number of methoxy groups -OCH3 is 1. The van der Waals surface area contributed by atoms with E-state index < -0.39 is 0 Å². The van der Waals surface area contributed by atoms with Gasteiger partial charge in [0, 0.05) is 4.91 Å². The van der Waals surface area contributed by atoms with Crippen LogP contribution in [0.2, 0.25) is 0 Å². The number of rotatable bonds is 4. The third-order valence-corrected chi connectivity index (χ3v) is 3.29. The van der Waals surface area contributed by atoms with E-state index in [4.69, 9.17) is 4.74 Å². The van der Waals surface area contributed by atoms with Crippen molar-refractivity contribution in [3.63, 3.8) is 0 Å². The fourth-order valence-corrected chi connectivity index (χ4v) is 2.20. The molecule has 0 unspecified atom stereocenters. The van der Waals surface area contributed by atoms with Gasteiger partial charge in [-0.15, -0.1) is 0 Å². The second kappa shape index (κ2) is 8.38. The van der Waals surface area contributed by atoms with Gasteiger partial charge in [-0.1, -0.05) is 50.4 Å². The van der Waals surface area contributed by atoms with Gasteiger partial charge in [0.1, 0.15) is 5.69 Å². The molecule has 0 saturated heterocycles. The fourth-order valence-electron chi connectivity index (χ4n) is 1.64. The molecule has 2 rings (SSSR count). The summed E-state index contributed by atoms with van der Waals surface area (Å²) in [5.74, 6) is 0.538. The smallest absolute Gasteiger partial charge is 0.241 e. The highest BCUT2D eigenvalue weighted by atomic mass is 32.2. The van der Waals surface area contributed by atoms with E-state index in [1.165, 1.54) is 11.8 Å². The summed E-state index contributed by atoms with van der Waals surface area (Å²) in [5, 5.41) is 1.77. The van der Waals surface area contributed by atoms with Crippen LogP contribution in [-0.2, 0) is 0 Å². The number of ether oxygens (including phenoxy) is 1. The van der Waals surface area contributed by atoms with Crippen molar-refractivity contribution in [3.8, 4) is 5.88 Å². The van der Waals surface area contributed by atoms with Crippen LogP contribution in [0.3, 0.4) is 0 Å². The molecule has 1 aromatic heterocycles. The summed E-state index contributed by atoms with van der Waals surface area (Å²) in [6, 6.07) is 7.75. The minimum atomic E-state index is 0.538. The van der Waals surface area contributed by atoms with Crippen LogP contribution in [0.5, 0.6) is 5.88 Å². The molecule has 106 valence electrons. The minimum absolute atomic E-state index is 0.538. The average molecular weight is 288 g/mol. The van der Waals surface area contributed by atoms with Gasteiger partial charge in [0.25, 0.3) is 0 Å². The van der Waals surface area contributed by atoms with Crippen LogP contribution in [0.15, 0.2) is 42.3 Å². The zero-order valence-corrected chi connectivity index (χ0v) is 13.2. The van der Waals surface area contributed by atoms with Gasteiger partial charge >= 0.3 is 0 Å². The zero-order chi connectivity index (χ0) is 15.0. The third-order valence-electron chi connectivity index (χ3n) is 2.44. The lowest BCUT2D eigenvalue weighted by molar-refractivity contribution is 0.396. The number of allylic oxidation sites excluding steroid dienone is 1. The van der Waals surface area contributed by atoms with Gasteiger partial charge in [0.2, 0.25) is 5.88 Å². The molecule has 4 heteroatoms. The van der Waals surface area contributed by atoms with Gasteiger partial charge in [0.05, 0.1) is 18.1 Å². The summed E-state index contributed by atoms with van der Waals surface area (Å²) < 4.78 is 5.32. The molecule has 0 fully saturated rings. The van der Waals surface area contributed by atoms with Crippen molar-refractivity contribution in [1.29, 1.82) is 0 Å². The Morgan fingerprint density at radius 3 is 2.30 bits per heavy atom. The van der Waals surface area contributed by atoms with Crippen LogP contribution in [0.25, 0.3) is 15.9 Å². The van der Waals surface area contributed by atoms with Gasteiger partial charge in [0.15, 0.2) is 0 Å². The molecule has 0 aliphatic heterocycles. The Balaban J connectivity index is 0.000000956. The van der Waals surface area contributed by atoms with Crippen LogP contribution < -0.4 is 4.74 Å². The summed E-state index contributed by atoms with van der Waals surface area (Å²) in [6.45, 7) is 9.69. The Morgan fingerprint density at radius 1 is 1.20 bits per heavy atom. The largest absolute Gasteiger partial charge is 0.479 e. The molecule has 1 aromatic carbocycles. The van der Waals surface area contributed by atoms with Crippen molar-refractivity contribution in [2.75, 3.05) is 7.11 Å². The van der Waals surface area contributed by atoms with Crippen LogP contribution >= 0.6 is 11.8 Å². The van der Waals surface area contributed by atoms with E-state index in [0.717, 1.165) is 21.6 Å². The maximum Gasteiger partial charge on any atom is 0.241 e. The molecular formula is C16H20N2OS. The van der Waals surface area contributed by atoms with Crippen molar-refractivity contribution in [2.45, 2.75) is 20.8 Å². The number of fused-ring (bicyclic) bond motifs is 1. The lowest BCUT2D eigenvalue weighted by Crippen LogP contribution is -1.98. The van der Waals surface area contributed by atoms with Crippen LogP contribution in [-0.4, -0.2) is 17.1 Å². The molecule has 0 atom stereocenters. The molecule has 0 spiro atoms. The first-order valence-corrected chi connectivity index (χ1v) is 7.43. The molecule has 3 nitrogen and oxygen atoms in total. The van der Waals surface area contributed by atoms with Gasteiger partial charge in [-0.3, -0.25) is 0 Å². The normalized spacial score (nSPS) is 10.7. The highest BCUT2D eigenvalue weighted by Crippen LogP contribution is 2.32. The molecule has 20 heavy (non-hydrogen) atoms. The molecule has 0 aliphatic rings. The summed E-state index contributed by atoms with van der Waals surface area (Å²) in [7, 11) is 1.61. The first kappa shape index (κ1) is 16.2. The van der Waals surface area contributed by atoms with E-state index in [1.807, 2.05) is 51.1 Å². The van der Waals surface area contributed by atoms with E-state index >= 15 is 0 Å². The molecule has 0 bridgehead atoms. The van der Waals surface area contributed by atoms with E-state index in [1.54, 1.807) is 12.5 Å². The second-order valence-corrected chi connectivity index (χ2v) is 4.52. The minimum Gasteiger partial charge on any atom is -0.479 e. The SMILES string of the molecule is C=CS/C(=C\C)c1nc2ccccc2nc1OC.CC. The van der Waals surface area contributed by atoms with Crippen molar-refractivity contribution in [3.05, 3.63) is 48.0 Å². The van der Waals surface area contributed by atoms with Gasteiger partial charge < -0.3 is 4.74 Å². The van der Waals surface area contributed by atoms with Gasteiger partial charge in [-0.05, 0) is 24.5 Å². The molecule has 0 amide bonds. The number of para-hydroxylation sites is 2. The van der Waals surface area contributed by atoms with Crippen LogP contribution in [0, 0.1) is 0 Å². The zero-order valence-electron chi connectivity index (χ0n) is 12.4. The van der Waals surface area contributed by atoms with E-state index in [2.05, 4.69) is 16.5 Å². The standard InChI is InChI=1S/C14H14N2OS.C2H6/c1-4-12(18-5-2)13-14(17-3)16-11-9-7-6-8-10(11)15-13;1-2/h4-9H,2H2,1,3H3;1-2H3/b12-4-;. The summed E-state index contributed by atoms with van der Waals surface area (Å²) in [6.07, 6.45) is 1.98. The highest BCUT2D eigenvalue weighted by Gasteiger charge is 2.12. The number of nitrogens with zero attached hydrogens (tertiary/aromatic N) is 2. The van der Waals surface area contributed by atoms with Crippen molar-refractivity contribution < 1.29 is 4.74 Å². The van der Waals surface area contributed by atoms with E-state index in [-0.39, 0.29) is 0 Å². The second-order valence-electron chi connectivity index (χ2n) is 3.51. The Morgan fingerprint density at radius 2 is 1.80 bits per heavy atom. The average Bonchev–Trinajstić information content (AvgIpc) is 2.53. The van der Waals surface area contributed by atoms with Crippen molar-refractivity contribution >= 4 is 27.7 Å². The topological polar surface area (TPSA) is 35.0 Å². The summed E-state index contributed by atoms with van der Waals surface area (Å²) >= 11 is 1.51. The van der Waals surface area contributed by atoms with E-state index in [9.17, 15) is 0 Å². The lowest BCUT2D eigenvalue weighted by Gasteiger charge is -2.09. The Bertz CT molecular complexity index is 608. The predicted octanol–water partition coefficient (Wildman–Crippen LogP) is 4.90. The van der Waals surface area contributed by atoms with Gasteiger partial charge in [-0.25, -0.2) is 9.97 Å². The number of benzene rings is 1. The molecule has 0 aliphatic carbocycles. The molecule has 0 saturated carbocycles. The van der Waals surface area contributed by atoms with Gasteiger partial charge in [-0.2, -0.15) is 0 Å². The first-order valence-electron chi connectivity index (χ1n) is 6.55. The number of hydrogen-bond donors (Lipinski definition) is 0. The van der Waals surface area contributed by atoms with Crippen LogP contribution in [0.1, 0.15) is 26.5 Å². The number of thioether (sulfide) groups is 1. The Hall–Kier alpha value is -1.81. The molecular weight excluding hydrogens is 268 g/mol. The third kappa shape index (κ3) is 3.61. The predicted molar refractivity (Wildman–Crippen MR) is 88.9 cm³/mol. The molecule has 0 radical (unpaired) electrons. The maximum absolute atomic E-state index is 5.32. The number of hydrogen-bond acceptors (Lipinski definition) is 4. The Kier molecular flexibility index (Phi) is 6.81. The summed E-state index contributed by atoms with van der Waals surface area (Å²) in [5.41, 5.74) is 2.44. The maximum atomic E-state index is 5.32. The van der Waals surface area contributed by atoms with Crippen LogP contribution in [0.4, 0.5) is 0 Å². The fraction of sp³-hybridized carbons (Fsp3) is 0.250. The summed E-state index contributed by atoms with van der Waals surface area (Å²) in [4.78, 5) is 10.1. The highest BCUT2D eigenvalue weighted by molar-refractivity contribution is 8.10. The lowest BCUT2D eigenvalue weighted by atomic mass is 10.3. The molecule has 0 N–H and O–H groups in total. The van der Waals surface area contributed by atoms with Crippen molar-refractivity contribution in [1.82, 2.24) is 9.97 Å². The van der Waals surface area contributed by atoms with E-state index in [0.29, 0.717) is 5.88 Å². The van der Waals surface area contributed by atoms with Crippen molar-refractivity contribution in [2.24, 2.45) is 0 Å². The first-order chi connectivity index (χ1) is 9.80. The monoisotopic (exact) mass is 288 g/mol. The molecule has 1 heterocycles. The Labute approximate surface area is 124 Å². The number of aromatic nitrogens is 2. The quantitative estimate of drug-likeness (QED) is 0.801.